The molecule has 0 bridgehead atoms. The third-order valence-corrected chi connectivity index (χ3v) is 21.1. The van der Waals surface area contributed by atoms with Crippen molar-refractivity contribution in [3.8, 4) is 0 Å². The van der Waals surface area contributed by atoms with E-state index in [0.29, 0.717) is 51.5 Å². The van der Waals surface area contributed by atoms with Crippen molar-refractivity contribution in [3.63, 3.8) is 0 Å². The van der Waals surface area contributed by atoms with Crippen molar-refractivity contribution in [2.24, 2.45) is 86.8 Å². The first-order valence-electron chi connectivity index (χ1n) is 23.1. The lowest BCUT2D eigenvalue weighted by Gasteiger charge is -2.61. The number of rotatable bonds is 5. The highest BCUT2D eigenvalue weighted by atomic mass is 79.9. The minimum Gasteiger partial charge on any atom is -0.393 e. The number of nitrogens with zero attached hydrogens (tertiary/aromatic N) is 2. The number of Topliss-reactive ketones (excluding diaryl/α,β-unsaturated/α-hetero) is 2. The van der Waals surface area contributed by atoms with Crippen molar-refractivity contribution in [2.75, 3.05) is 38.1 Å². The van der Waals surface area contributed by atoms with E-state index in [1.165, 1.54) is 89.9 Å². The quantitative estimate of drug-likeness (QED) is 0.221. The summed E-state index contributed by atoms with van der Waals surface area (Å²) < 4.78 is 1.84. The zero-order valence-corrected chi connectivity index (χ0v) is 37.2. The van der Waals surface area contributed by atoms with Crippen molar-refractivity contribution >= 4 is 39.3 Å². The molecule has 0 unspecified atom stereocenters. The number of ketones is 2. The van der Waals surface area contributed by atoms with Gasteiger partial charge in [-0.25, -0.2) is 4.42 Å². The fourth-order valence-corrected chi connectivity index (χ4v) is 17.6. The summed E-state index contributed by atoms with van der Waals surface area (Å²) in [5.74, 6) is 9.23. The lowest BCUT2D eigenvalue weighted by Crippen LogP contribution is -2.54. The molecule has 7 heteroatoms. The molecule has 0 aromatic heterocycles. The summed E-state index contributed by atoms with van der Waals surface area (Å²) in [6.45, 7) is 16.8. The second-order valence-electron chi connectivity index (χ2n) is 22.2. The standard InChI is InChI=1S/C25H41ClN2O2.C22H35BrO/c1-24-9-7-18(29)15-17(24)3-4-19-20-5-6-22(25(20,2)10-8-21(19)24)23(30)16-27-11-13-28(26)14-12-27;1-14-8-10-21(2)15(12-14)4-5-16-17-6-7-19(20(24)13-23)22(17,3)11-9-18(16)21/h17-22,29H,3-16H2,1-2H3;14-19H,4-13H2,1-3H3/t17-,18-,19-,20-,21-,22+,24-,25-;14-,15-,16-,17-,18-,19+,21-,22-/m00/s1. The van der Waals surface area contributed by atoms with Crippen molar-refractivity contribution in [1.82, 2.24) is 9.32 Å². The minimum absolute atomic E-state index is 0.0670. The molecule has 0 amide bonds. The Balaban J connectivity index is 0.000000157. The van der Waals surface area contributed by atoms with Crippen LogP contribution in [0.3, 0.4) is 0 Å². The number of hydrogen-bond acceptors (Lipinski definition) is 5. The van der Waals surface area contributed by atoms with Crippen LogP contribution in [0.15, 0.2) is 0 Å². The van der Waals surface area contributed by atoms with Crippen LogP contribution in [0.1, 0.15) is 150 Å². The van der Waals surface area contributed by atoms with Gasteiger partial charge in [-0.3, -0.25) is 14.5 Å². The van der Waals surface area contributed by atoms with Gasteiger partial charge in [-0.1, -0.05) is 57.0 Å². The number of carbonyl (C=O) groups excluding carboxylic acids is 2. The van der Waals surface area contributed by atoms with E-state index in [1.54, 1.807) is 0 Å². The number of carbonyl (C=O) groups is 2. The van der Waals surface area contributed by atoms with E-state index in [2.05, 4.69) is 55.4 Å². The van der Waals surface area contributed by atoms with Crippen molar-refractivity contribution < 1.29 is 14.7 Å². The molecule has 0 spiro atoms. The van der Waals surface area contributed by atoms with E-state index in [1.807, 2.05) is 4.42 Å². The summed E-state index contributed by atoms with van der Waals surface area (Å²) in [6.07, 6.45) is 23.2. The Morgan fingerprint density at radius 1 is 0.611 bits per heavy atom. The number of hydrogen-bond donors (Lipinski definition) is 1. The van der Waals surface area contributed by atoms with Gasteiger partial charge in [0.25, 0.3) is 0 Å². The number of alkyl halides is 1. The third kappa shape index (κ3) is 6.90. The van der Waals surface area contributed by atoms with E-state index in [4.69, 9.17) is 11.8 Å². The molecule has 16 atom stereocenters. The highest BCUT2D eigenvalue weighted by Crippen LogP contribution is 2.69. The van der Waals surface area contributed by atoms with Gasteiger partial charge >= 0.3 is 0 Å². The second kappa shape index (κ2) is 15.5. The summed E-state index contributed by atoms with van der Waals surface area (Å²) in [7, 11) is 0. The molecule has 0 aromatic rings. The molecular formula is C47H76BrClN2O3. The first-order valence-corrected chi connectivity index (χ1v) is 24.6. The Morgan fingerprint density at radius 2 is 1.09 bits per heavy atom. The van der Waals surface area contributed by atoms with Crippen LogP contribution in [0.4, 0.5) is 0 Å². The summed E-state index contributed by atoms with van der Waals surface area (Å²) in [6, 6.07) is 0. The Morgan fingerprint density at radius 3 is 1.65 bits per heavy atom. The first kappa shape index (κ1) is 40.8. The maximum atomic E-state index is 13.4. The summed E-state index contributed by atoms with van der Waals surface area (Å²) in [5.41, 5.74) is 1.54. The second-order valence-corrected chi connectivity index (χ2v) is 23.3. The van der Waals surface area contributed by atoms with Crippen LogP contribution in [0.25, 0.3) is 0 Å². The molecule has 9 aliphatic rings. The minimum atomic E-state index is -0.0670. The van der Waals surface area contributed by atoms with E-state index in [9.17, 15) is 14.7 Å². The monoisotopic (exact) mass is 830 g/mol. The Bertz CT molecular complexity index is 1390. The molecule has 9 fully saturated rings. The molecule has 1 saturated heterocycles. The van der Waals surface area contributed by atoms with Crippen LogP contribution in [0.5, 0.6) is 0 Å². The van der Waals surface area contributed by atoms with E-state index >= 15 is 0 Å². The SMILES string of the molecule is C[C@H]1CC[C@@]2(C)[C@@H](CC[C@@H]3[C@@H]2CC[C@]2(C)[C@@H](C(=O)CBr)CC[C@@H]32)C1.C[C@]12CC[C@H](O)C[C@@H]1CC[C@@H]1[C@@H]2CC[C@]2(C)[C@@H](C(=O)CN3CCN(Cl)CC3)CC[C@@H]12. The van der Waals surface area contributed by atoms with Crippen molar-refractivity contribution in [2.45, 2.75) is 156 Å². The van der Waals surface area contributed by atoms with E-state index in [-0.39, 0.29) is 17.4 Å². The molecule has 54 heavy (non-hydrogen) atoms. The van der Waals surface area contributed by atoms with Crippen LogP contribution in [-0.4, -0.2) is 70.1 Å². The summed E-state index contributed by atoms with van der Waals surface area (Å²) >= 11 is 9.54. The fourth-order valence-electron chi connectivity index (χ4n) is 17.1. The predicted molar refractivity (Wildman–Crippen MR) is 223 cm³/mol. The number of piperazine rings is 1. The summed E-state index contributed by atoms with van der Waals surface area (Å²) in [5, 5.41) is 10.8. The smallest absolute Gasteiger partial charge is 0.150 e. The van der Waals surface area contributed by atoms with Crippen LogP contribution in [-0.2, 0) is 9.59 Å². The van der Waals surface area contributed by atoms with Gasteiger partial charge in [-0.05, 0) is 196 Å². The molecule has 8 saturated carbocycles. The molecule has 1 N–H and O–H groups in total. The lowest BCUT2D eigenvalue weighted by atomic mass is 9.44. The topological polar surface area (TPSA) is 60.9 Å². The maximum absolute atomic E-state index is 13.4. The van der Waals surface area contributed by atoms with Crippen LogP contribution >= 0.6 is 27.7 Å². The maximum Gasteiger partial charge on any atom is 0.150 e. The number of halogens is 2. The normalized spacial score (nSPS) is 51.6. The predicted octanol–water partition coefficient (Wildman–Crippen LogP) is 10.6. The molecule has 1 heterocycles. The van der Waals surface area contributed by atoms with Crippen molar-refractivity contribution in [3.05, 3.63) is 0 Å². The molecule has 9 rings (SSSR count). The molecule has 0 aromatic carbocycles. The lowest BCUT2D eigenvalue weighted by molar-refractivity contribution is -0.140. The molecule has 0 radical (unpaired) electrons. The van der Waals surface area contributed by atoms with Crippen LogP contribution in [0, 0.1) is 86.8 Å². The van der Waals surface area contributed by atoms with E-state index in [0.717, 1.165) is 99.2 Å². The van der Waals surface area contributed by atoms with E-state index < -0.39 is 0 Å². The van der Waals surface area contributed by atoms with Gasteiger partial charge in [0.1, 0.15) is 11.6 Å². The average molecular weight is 832 g/mol. The third-order valence-electron chi connectivity index (χ3n) is 20.2. The number of fused-ring (bicyclic) bond motifs is 10. The van der Waals surface area contributed by atoms with Gasteiger partial charge < -0.3 is 5.11 Å². The zero-order valence-electron chi connectivity index (χ0n) is 34.8. The van der Waals surface area contributed by atoms with Crippen molar-refractivity contribution in [1.29, 1.82) is 0 Å². The fraction of sp³-hybridized carbons (Fsp3) is 0.957. The molecule has 1 aliphatic heterocycles. The Hall–Kier alpha value is -0.0100. The zero-order chi connectivity index (χ0) is 38.2. The first-order chi connectivity index (χ1) is 25.7. The Kier molecular flexibility index (Phi) is 11.7. The highest BCUT2D eigenvalue weighted by Gasteiger charge is 2.62. The molecule has 306 valence electrons. The average Bonchev–Trinajstić information content (AvgIpc) is 3.70. The van der Waals surface area contributed by atoms with Gasteiger partial charge in [0.15, 0.2) is 0 Å². The largest absolute Gasteiger partial charge is 0.393 e. The van der Waals surface area contributed by atoms with Gasteiger partial charge in [0, 0.05) is 38.0 Å². The number of aliphatic hydroxyl groups is 1. The number of aliphatic hydroxyl groups excluding tert-OH is 1. The van der Waals surface area contributed by atoms with Gasteiger partial charge in [-0.2, -0.15) is 0 Å². The van der Waals surface area contributed by atoms with Crippen LogP contribution < -0.4 is 0 Å². The van der Waals surface area contributed by atoms with Crippen LogP contribution in [0.2, 0.25) is 0 Å². The van der Waals surface area contributed by atoms with Gasteiger partial charge in [0.05, 0.1) is 18.0 Å². The Labute approximate surface area is 342 Å². The molecule has 8 aliphatic carbocycles. The molecular weight excluding hydrogens is 756 g/mol. The van der Waals surface area contributed by atoms with Gasteiger partial charge in [0.2, 0.25) is 0 Å². The van der Waals surface area contributed by atoms with Gasteiger partial charge in [-0.15, -0.1) is 0 Å². The molecule has 5 nitrogen and oxygen atoms in total. The highest BCUT2D eigenvalue weighted by molar-refractivity contribution is 9.09. The summed E-state index contributed by atoms with van der Waals surface area (Å²) in [4.78, 5) is 28.3.